The molecule has 0 radical (unpaired) electrons. The first-order valence-corrected chi connectivity index (χ1v) is 6.90. The molecule has 5 nitrogen and oxygen atoms in total. The van der Waals surface area contributed by atoms with Crippen molar-refractivity contribution >= 4 is 11.0 Å². The van der Waals surface area contributed by atoms with Gasteiger partial charge in [-0.25, -0.2) is 4.98 Å². The van der Waals surface area contributed by atoms with Crippen LogP contribution in [0.4, 0.5) is 0 Å². The largest absolute Gasteiger partial charge is 0.341 e. The van der Waals surface area contributed by atoms with E-state index >= 15 is 0 Å². The summed E-state index contributed by atoms with van der Waals surface area (Å²) < 4.78 is 0. The van der Waals surface area contributed by atoms with Crippen molar-refractivity contribution in [3.8, 4) is 0 Å². The first kappa shape index (κ1) is 12.6. The van der Waals surface area contributed by atoms with Crippen LogP contribution in [0.25, 0.3) is 11.0 Å². The third-order valence-corrected chi connectivity index (χ3v) is 3.56. The predicted octanol–water partition coefficient (Wildman–Crippen LogP) is 0.687. The minimum atomic E-state index is 0.780. The van der Waals surface area contributed by atoms with Crippen LogP contribution < -0.4 is 10.6 Å². The average Bonchev–Trinajstić information content (AvgIpc) is 2.82. The summed E-state index contributed by atoms with van der Waals surface area (Å²) in [4.78, 5) is 10.4. The molecule has 2 heterocycles. The van der Waals surface area contributed by atoms with E-state index in [1.54, 1.807) is 0 Å². The number of aromatic nitrogens is 2. The number of hydrogen-bond donors (Lipinski definition) is 3. The number of benzene rings is 1. The van der Waals surface area contributed by atoms with E-state index in [4.69, 9.17) is 0 Å². The number of imidazole rings is 1. The van der Waals surface area contributed by atoms with Crippen molar-refractivity contribution < 1.29 is 0 Å². The number of nitrogens with zero attached hydrogens (tertiary/aromatic N) is 2. The molecule has 0 bridgehead atoms. The Hall–Kier alpha value is -1.43. The minimum Gasteiger partial charge on any atom is -0.341 e. The molecule has 0 saturated carbocycles. The number of hydrogen-bond acceptors (Lipinski definition) is 4. The van der Waals surface area contributed by atoms with Gasteiger partial charge in [0, 0.05) is 32.7 Å². The van der Waals surface area contributed by atoms with Crippen LogP contribution in [-0.2, 0) is 13.1 Å². The average molecular weight is 259 g/mol. The molecule has 0 aliphatic carbocycles. The van der Waals surface area contributed by atoms with E-state index in [0.717, 1.165) is 56.1 Å². The standard InChI is InChI=1S/C14H21N5/c1-15-9-14-17-12-3-2-11(8-13(12)18-14)10-19-6-4-16-5-7-19/h2-3,8,15-16H,4-7,9-10H2,1H3,(H,17,18). The number of piperazine rings is 1. The summed E-state index contributed by atoms with van der Waals surface area (Å²) >= 11 is 0. The summed E-state index contributed by atoms with van der Waals surface area (Å²) in [5.41, 5.74) is 3.54. The topological polar surface area (TPSA) is 56.0 Å². The molecule has 1 saturated heterocycles. The lowest BCUT2D eigenvalue weighted by atomic mass is 10.2. The quantitative estimate of drug-likeness (QED) is 0.756. The Bertz CT molecular complexity index is 542. The van der Waals surface area contributed by atoms with Crippen LogP contribution in [0.1, 0.15) is 11.4 Å². The second kappa shape index (κ2) is 5.69. The zero-order valence-electron chi connectivity index (χ0n) is 11.4. The van der Waals surface area contributed by atoms with Crippen molar-refractivity contribution in [3.05, 3.63) is 29.6 Å². The molecule has 0 unspecified atom stereocenters. The maximum absolute atomic E-state index is 4.55. The highest BCUT2D eigenvalue weighted by molar-refractivity contribution is 5.75. The van der Waals surface area contributed by atoms with Gasteiger partial charge in [0.05, 0.1) is 17.6 Å². The van der Waals surface area contributed by atoms with Crippen LogP contribution in [-0.4, -0.2) is 48.1 Å². The molecule has 1 fully saturated rings. The van der Waals surface area contributed by atoms with Crippen LogP contribution in [0.15, 0.2) is 18.2 Å². The van der Waals surface area contributed by atoms with Crippen LogP contribution in [0.5, 0.6) is 0 Å². The Morgan fingerprint density at radius 3 is 2.95 bits per heavy atom. The normalized spacial score (nSPS) is 17.1. The number of fused-ring (bicyclic) bond motifs is 1. The fourth-order valence-corrected chi connectivity index (χ4v) is 2.59. The Morgan fingerprint density at radius 1 is 1.32 bits per heavy atom. The molecule has 1 aromatic heterocycles. The number of aromatic amines is 1. The molecular weight excluding hydrogens is 238 g/mol. The van der Waals surface area contributed by atoms with E-state index in [1.165, 1.54) is 5.56 Å². The smallest absolute Gasteiger partial charge is 0.121 e. The summed E-state index contributed by atoms with van der Waals surface area (Å²) in [6.45, 7) is 6.26. The Labute approximate surface area is 113 Å². The molecule has 19 heavy (non-hydrogen) atoms. The lowest BCUT2D eigenvalue weighted by molar-refractivity contribution is 0.233. The molecule has 3 rings (SSSR count). The van der Waals surface area contributed by atoms with Gasteiger partial charge in [0.2, 0.25) is 0 Å². The van der Waals surface area contributed by atoms with Crippen LogP contribution >= 0.6 is 0 Å². The van der Waals surface area contributed by atoms with Gasteiger partial charge in [-0.1, -0.05) is 6.07 Å². The van der Waals surface area contributed by atoms with Gasteiger partial charge >= 0.3 is 0 Å². The first-order valence-electron chi connectivity index (χ1n) is 6.90. The molecule has 2 aromatic rings. The number of nitrogens with one attached hydrogen (secondary N) is 3. The molecule has 1 aliphatic heterocycles. The van der Waals surface area contributed by atoms with Crippen molar-refractivity contribution in [2.75, 3.05) is 33.2 Å². The summed E-state index contributed by atoms with van der Waals surface area (Å²) in [7, 11) is 1.93. The van der Waals surface area contributed by atoms with Crippen molar-refractivity contribution in [1.29, 1.82) is 0 Å². The van der Waals surface area contributed by atoms with Gasteiger partial charge in [0.15, 0.2) is 0 Å². The SMILES string of the molecule is CNCc1nc2ccc(CN3CCNCC3)cc2[nH]1. The predicted molar refractivity (Wildman–Crippen MR) is 77.0 cm³/mol. The van der Waals surface area contributed by atoms with Crippen molar-refractivity contribution in [3.63, 3.8) is 0 Å². The maximum atomic E-state index is 4.55. The van der Waals surface area contributed by atoms with Gasteiger partial charge in [0.25, 0.3) is 0 Å². The van der Waals surface area contributed by atoms with E-state index in [1.807, 2.05) is 7.05 Å². The highest BCUT2D eigenvalue weighted by atomic mass is 15.2. The summed E-state index contributed by atoms with van der Waals surface area (Å²) in [6, 6.07) is 6.53. The van der Waals surface area contributed by atoms with Gasteiger partial charge in [-0.2, -0.15) is 0 Å². The maximum Gasteiger partial charge on any atom is 0.121 e. The summed E-state index contributed by atoms with van der Waals surface area (Å²) in [5.74, 6) is 0.997. The number of H-pyrrole nitrogens is 1. The fraction of sp³-hybridized carbons (Fsp3) is 0.500. The number of rotatable bonds is 4. The monoisotopic (exact) mass is 259 g/mol. The van der Waals surface area contributed by atoms with E-state index in [0.29, 0.717) is 0 Å². The van der Waals surface area contributed by atoms with Gasteiger partial charge < -0.3 is 15.6 Å². The Morgan fingerprint density at radius 2 is 2.16 bits per heavy atom. The van der Waals surface area contributed by atoms with Gasteiger partial charge in [-0.3, -0.25) is 4.90 Å². The van der Waals surface area contributed by atoms with Crippen LogP contribution in [0, 0.1) is 0 Å². The second-order valence-corrected chi connectivity index (χ2v) is 5.09. The third-order valence-electron chi connectivity index (χ3n) is 3.56. The van der Waals surface area contributed by atoms with E-state index in [9.17, 15) is 0 Å². The molecule has 0 amide bonds. The van der Waals surface area contributed by atoms with Gasteiger partial charge in [-0.05, 0) is 24.7 Å². The highest BCUT2D eigenvalue weighted by Gasteiger charge is 2.10. The van der Waals surface area contributed by atoms with Gasteiger partial charge in [-0.15, -0.1) is 0 Å². The second-order valence-electron chi connectivity index (χ2n) is 5.09. The molecule has 1 aromatic carbocycles. The molecule has 0 atom stereocenters. The van der Waals surface area contributed by atoms with Gasteiger partial charge in [0.1, 0.15) is 5.82 Å². The molecule has 5 heteroatoms. The minimum absolute atomic E-state index is 0.780. The van der Waals surface area contributed by atoms with E-state index in [-0.39, 0.29) is 0 Å². The van der Waals surface area contributed by atoms with Crippen molar-refractivity contribution in [1.82, 2.24) is 25.5 Å². The lowest BCUT2D eigenvalue weighted by Gasteiger charge is -2.27. The molecule has 0 spiro atoms. The van der Waals surface area contributed by atoms with E-state index < -0.39 is 0 Å². The van der Waals surface area contributed by atoms with E-state index in [2.05, 4.69) is 43.7 Å². The summed E-state index contributed by atoms with van der Waals surface area (Å²) in [5, 5.41) is 6.50. The van der Waals surface area contributed by atoms with Crippen LogP contribution in [0.3, 0.4) is 0 Å². The molecule has 3 N–H and O–H groups in total. The first-order chi connectivity index (χ1) is 9.35. The van der Waals surface area contributed by atoms with Crippen molar-refractivity contribution in [2.45, 2.75) is 13.1 Å². The lowest BCUT2D eigenvalue weighted by Crippen LogP contribution is -2.42. The summed E-state index contributed by atoms with van der Waals surface area (Å²) in [6.07, 6.45) is 0. The van der Waals surface area contributed by atoms with Crippen LogP contribution in [0.2, 0.25) is 0 Å². The molecule has 1 aliphatic rings. The Balaban J connectivity index is 1.76. The third kappa shape index (κ3) is 2.94. The zero-order valence-corrected chi connectivity index (χ0v) is 11.4. The van der Waals surface area contributed by atoms with Crippen molar-refractivity contribution in [2.24, 2.45) is 0 Å². The zero-order chi connectivity index (χ0) is 13.1. The fourth-order valence-electron chi connectivity index (χ4n) is 2.59. The molecule has 102 valence electrons. The Kier molecular flexibility index (Phi) is 3.77. The highest BCUT2D eigenvalue weighted by Crippen LogP contribution is 2.15. The molecular formula is C14H21N5.